The Balaban J connectivity index is 2.24. The third-order valence-corrected chi connectivity index (χ3v) is 3.79. The van der Waals surface area contributed by atoms with Crippen molar-refractivity contribution in [3.8, 4) is 11.4 Å². The predicted molar refractivity (Wildman–Crippen MR) is 85.0 cm³/mol. The summed E-state index contributed by atoms with van der Waals surface area (Å²) in [7, 11) is 0. The van der Waals surface area contributed by atoms with Gasteiger partial charge in [0.05, 0.1) is 22.8 Å². The van der Waals surface area contributed by atoms with Crippen molar-refractivity contribution in [3.63, 3.8) is 0 Å². The van der Waals surface area contributed by atoms with E-state index in [0.29, 0.717) is 12.1 Å². The molecule has 112 valence electrons. The molecule has 0 aliphatic heterocycles. The van der Waals surface area contributed by atoms with Crippen molar-refractivity contribution >= 4 is 16.8 Å². The number of fused-ring (bicyclic) bond motifs is 1. The fourth-order valence-electron chi connectivity index (χ4n) is 2.67. The number of amides is 1. The molecular weight excluding hydrogens is 278 g/mol. The van der Waals surface area contributed by atoms with Crippen LogP contribution in [0.1, 0.15) is 25.0 Å². The van der Waals surface area contributed by atoms with E-state index < -0.39 is 5.92 Å². The van der Waals surface area contributed by atoms with Crippen LogP contribution in [0.25, 0.3) is 16.6 Å². The SMILES string of the molecule is CCC(C(N)=O)c1nn(-c2ccc(O)cc2)c2ccccc12. The smallest absolute Gasteiger partial charge is 0.226 e. The largest absolute Gasteiger partial charge is 0.508 e. The van der Waals surface area contributed by atoms with Crippen LogP contribution in [0.3, 0.4) is 0 Å². The van der Waals surface area contributed by atoms with Crippen molar-refractivity contribution < 1.29 is 9.90 Å². The first kappa shape index (κ1) is 14.1. The molecule has 0 bridgehead atoms. The number of carbonyl (C=O) groups excluding carboxylic acids is 1. The molecule has 0 radical (unpaired) electrons. The quantitative estimate of drug-likeness (QED) is 0.776. The number of hydrogen-bond acceptors (Lipinski definition) is 3. The molecule has 3 N–H and O–H groups in total. The fourth-order valence-corrected chi connectivity index (χ4v) is 2.67. The summed E-state index contributed by atoms with van der Waals surface area (Å²) in [4.78, 5) is 11.7. The zero-order chi connectivity index (χ0) is 15.7. The summed E-state index contributed by atoms with van der Waals surface area (Å²) in [6, 6.07) is 14.5. The number of benzene rings is 2. The summed E-state index contributed by atoms with van der Waals surface area (Å²) >= 11 is 0. The van der Waals surface area contributed by atoms with E-state index in [4.69, 9.17) is 5.73 Å². The highest BCUT2D eigenvalue weighted by Gasteiger charge is 2.23. The van der Waals surface area contributed by atoms with Crippen molar-refractivity contribution in [3.05, 3.63) is 54.2 Å². The van der Waals surface area contributed by atoms with Gasteiger partial charge in [-0.05, 0) is 36.8 Å². The molecule has 0 aliphatic rings. The van der Waals surface area contributed by atoms with E-state index >= 15 is 0 Å². The van der Waals surface area contributed by atoms with Crippen LogP contribution in [0.15, 0.2) is 48.5 Å². The van der Waals surface area contributed by atoms with Gasteiger partial charge in [-0.1, -0.05) is 25.1 Å². The van der Waals surface area contributed by atoms with E-state index in [2.05, 4.69) is 5.10 Å². The number of phenols is 1. The Hall–Kier alpha value is -2.82. The number of hydrogen-bond donors (Lipinski definition) is 2. The van der Waals surface area contributed by atoms with Gasteiger partial charge in [-0.25, -0.2) is 4.68 Å². The topological polar surface area (TPSA) is 81.1 Å². The van der Waals surface area contributed by atoms with Gasteiger partial charge in [-0.3, -0.25) is 4.79 Å². The van der Waals surface area contributed by atoms with Gasteiger partial charge in [-0.15, -0.1) is 0 Å². The number of nitrogens with two attached hydrogens (primary N) is 1. The molecule has 3 rings (SSSR count). The highest BCUT2D eigenvalue weighted by Crippen LogP contribution is 2.29. The average molecular weight is 295 g/mol. The van der Waals surface area contributed by atoms with E-state index in [0.717, 1.165) is 16.6 Å². The first-order chi connectivity index (χ1) is 10.6. The minimum atomic E-state index is -0.414. The van der Waals surface area contributed by atoms with Crippen molar-refractivity contribution in [2.24, 2.45) is 5.73 Å². The van der Waals surface area contributed by atoms with Crippen LogP contribution < -0.4 is 5.73 Å². The standard InChI is InChI=1S/C17H17N3O2/c1-2-13(17(18)22)16-14-5-3-4-6-15(14)20(19-16)11-7-9-12(21)10-8-11/h3-10,13,21H,2H2,1H3,(H2,18,22). The molecule has 1 aromatic heterocycles. The van der Waals surface area contributed by atoms with E-state index in [-0.39, 0.29) is 11.7 Å². The summed E-state index contributed by atoms with van der Waals surface area (Å²) < 4.78 is 1.77. The summed E-state index contributed by atoms with van der Waals surface area (Å²) in [6.07, 6.45) is 0.603. The molecule has 0 fully saturated rings. The van der Waals surface area contributed by atoms with Gasteiger partial charge in [0.25, 0.3) is 0 Å². The lowest BCUT2D eigenvalue weighted by molar-refractivity contribution is -0.119. The van der Waals surface area contributed by atoms with Crippen LogP contribution in [-0.2, 0) is 4.79 Å². The zero-order valence-corrected chi connectivity index (χ0v) is 12.2. The van der Waals surface area contributed by atoms with Gasteiger partial charge in [-0.2, -0.15) is 5.10 Å². The Morgan fingerprint density at radius 3 is 2.55 bits per heavy atom. The van der Waals surface area contributed by atoms with Crippen molar-refractivity contribution in [1.82, 2.24) is 9.78 Å². The third-order valence-electron chi connectivity index (χ3n) is 3.79. The minimum Gasteiger partial charge on any atom is -0.508 e. The highest BCUT2D eigenvalue weighted by molar-refractivity contribution is 5.90. The van der Waals surface area contributed by atoms with E-state index in [1.165, 1.54) is 0 Å². The Labute approximate surface area is 128 Å². The van der Waals surface area contributed by atoms with E-state index in [1.807, 2.05) is 31.2 Å². The van der Waals surface area contributed by atoms with Gasteiger partial charge in [0.15, 0.2) is 0 Å². The zero-order valence-electron chi connectivity index (χ0n) is 12.2. The number of aromatic hydroxyl groups is 1. The Kier molecular flexibility index (Phi) is 3.55. The Bertz CT molecular complexity index is 822. The summed E-state index contributed by atoms with van der Waals surface area (Å²) in [5.41, 5.74) is 7.93. The third kappa shape index (κ3) is 2.30. The molecule has 0 spiro atoms. The first-order valence-electron chi connectivity index (χ1n) is 7.18. The van der Waals surface area contributed by atoms with Gasteiger partial charge < -0.3 is 10.8 Å². The molecule has 1 unspecified atom stereocenters. The average Bonchev–Trinajstić information content (AvgIpc) is 2.88. The van der Waals surface area contributed by atoms with Crippen molar-refractivity contribution in [2.75, 3.05) is 0 Å². The molecule has 22 heavy (non-hydrogen) atoms. The fraction of sp³-hybridized carbons (Fsp3) is 0.176. The molecule has 5 heteroatoms. The van der Waals surface area contributed by atoms with E-state index in [9.17, 15) is 9.90 Å². The van der Waals surface area contributed by atoms with Crippen LogP contribution in [-0.4, -0.2) is 20.8 Å². The molecule has 1 atom stereocenters. The normalized spacial score (nSPS) is 12.4. The van der Waals surface area contributed by atoms with Gasteiger partial charge in [0.2, 0.25) is 5.91 Å². The second-order valence-corrected chi connectivity index (χ2v) is 5.19. The number of carbonyl (C=O) groups is 1. The Morgan fingerprint density at radius 2 is 1.91 bits per heavy atom. The molecule has 0 saturated carbocycles. The summed E-state index contributed by atoms with van der Waals surface area (Å²) in [6.45, 7) is 1.92. The lowest BCUT2D eigenvalue weighted by Crippen LogP contribution is -2.21. The maximum atomic E-state index is 11.7. The number of nitrogens with zero attached hydrogens (tertiary/aromatic N) is 2. The van der Waals surface area contributed by atoms with Gasteiger partial charge in [0.1, 0.15) is 5.75 Å². The van der Waals surface area contributed by atoms with Crippen LogP contribution in [0.2, 0.25) is 0 Å². The van der Waals surface area contributed by atoms with Crippen LogP contribution in [0, 0.1) is 0 Å². The summed E-state index contributed by atoms with van der Waals surface area (Å²) in [5.74, 6) is -0.587. The predicted octanol–water partition coefficient (Wildman–Crippen LogP) is 2.71. The van der Waals surface area contributed by atoms with Gasteiger partial charge in [0, 0.05) is 5.39 Å². The lowest BCUT2D eigenvalue weighted by Gasteiger charge is -2.07. The minimum absolute atomic E-state index is 0.198. The van der Waals surface area contributed by atoms with Crippen LogP contribution in [0.5, 0.6) is 5.75 Å². The number of para-hydroxylation sites is 1. The lowest BCUT2D eigenvalue weighted by atomic mass is 9.99. The summed E-state index contributed by atoms with van der Waals surface area (Å²) in [5, 5.41) is 15.0. The van der Waals surface area contributed by atoms with Crippen LogP contribution in [0.4, 0.5) is 0 Å². The molecule has 3 aromatic rings. The number of rotatable bonds is 4. The molecule has 1 amide bonds. The second kappa shape index (κ2) is 5.52. The van der Waals surface area contributed by atoms with E-state index in [1.54, 1.807) is 28.9 Å². The maximum Gasteiger partial charge on any atom is 0.226 e. The highest BCUT2D eigenvalue weighted by atomic mass is 16.3. The Morgan fingerprint density at radius 1 is 1.23 bits per heavy atom. The molecule has 1 heterocycles. The molecule has 0 aliphatic carbocycles. The first-order valence-corrected chi connectivity index (χ1v) is 7.18. The molecule has 5 nitrogen and oxygen atoms in total. The van der Waals surface area contributed by atoms with Gasteiger partial charge >= 0.3 is 0 Å². The molecular formula is C17H17N3O2. The molecule has 2 aromatic carbocycles. The van der Waals surface area contributed by atoms with Crippen LogP contribution >= 0.6 is 0 Å². The number of primary amides is 1. The van der Waals surface area contributed by atoms with Crippen molar-refractivity contribution in [1.29, 1.82) is 0 Å². The maximum absolute atomic E-state index is 11.7. The second-order valence-electron chi connectivity index (χ2n) is 5.19. The molecule has 0 saturated heterocycles. The monoisotopic (exact) mass is 295 g/mol. The number of aromatic nitrogens is 2. The number of phenolic OH excluding ortho intramolecular Hbond substituents is 1. The van der Waals surface area contributed by atoms with Crippen molar-refractivity contribution in [2.45, 2.75) is 19.3 Å².